The van der Waals surface area contributed by atoms with Crippen LogP contribution >= 0.6 is 0 Å². The van der Waals surface area contributed by atoms with Gasteiger partial charge in [0.2, 0.25) is 0 Å². The number of carbonyl (C=O) groups excluding carboxylic acids is 1. The molecule has 0 radical (unpaired) electrons. The van der Waals surface area contributed by atoms with E-state index in [2.05, 4.69) is 0 Å². The molecule has 0 unspecified atom stereocenters. The van der Waals surface area contributed by atoms with E-state index < -0.39 is 0 Å². The maximum Gasteiger partial charge on any atom is 0.330 e. The normalized spacial score (nSPS) is 14.9. The van der Waals surface area contributed by atoms with Crippen LogP contribution in [-0.2, 0) is 9.53 Å². The smallest absolute Gasteiger partial charge is 0.330 e. The lowest BCUT2D eigenvalue weighted by molar-refractivity contribution is -0.138. The van der Waals surface area contributed by atoms with Gasteiger partial charge in [0, 0.05) is 6.08 Å². The molecule has 0 atom stereocenters. The molecule has 1 aliphatic carbocycles. The van der Waals surface area contributed by atoms with Crippen LogP contribution in [0.2, 0.25) is 0 Å². The minimum absolute atomic E-state index is 0.278. The Labute approximate surface area is 101 Å². The van der Waals surface area contributed by atoms with Gasteiger partial charge < -0.3 is 9.47 Å². The Morgan fingerprint density at radius 1 is 1.47 bits per heavy atom. The summed E-state index contributed by atoms with van der Waals surface area (Å²) in [6.45, 7) is 0.557. The third-order valence-corrected chi connectivity index (χ3v) is 2.66. The fourth-order valence-corrected chi connectivity index (χ4v) is 1.44. The highest BCUT2D eigenvalue weighted by atomic mass is 16.5. The van der Waals surface area contributed by atoms with Crippen LogP contribution in [0.15, 0.2) is 30.3 Å². The molecule has 0 saturated heterocycles. The quantitative estimate of drug-likeness (QED) is 0.578. The highest BCUT2D eigenvalue weighted by Gasteiger charge is 2.22. The van der Waals surface area contributed by atoms with Gasteiger partial charge in [-0.2, -0.15) is 0 Å². The molecule has 2 rings (SSSR count). The first-order chi connectivity index (χ1) is 8.28. The van der Waals surface area contributed by atoms with Crippen molar-refractivity contribution >= 4 is 12.0 Å². The molecule has 0 heterocycles. The molecule has 0 N–H and O–H groups in total. The van der Waals surface area contributed by atoms with Gasteiger partial charge in [0.05, 0.1) is 13.7 Å². The largest absolute Gasteiger partial charge is 0.497 e. The van der Waals surface area contributed by atoms with Crippen molar-refractivity contribution in [3.05, 3.63) is 35.9 Å². The van der Waals surface area contributed by atoms with E-state index in [0.717, 1.165) is 11.3 Å². The third kappa shape index (κ3) is 3.94. The zero-order valence-electron chi connectivity index (χ0n) is 9.89. The molecule has 1 fully saturated rings. The second-order valence-electron chi connectivity index (χ2n) is 4.18. The van der Waals surface area contributed by atoms with E-state index in [1.54, 1.807) is 13.2 Å². The van der Waals surface area contributed by atoms with Crippen molar-refractivity contribution in [3.63, 3.8) is 0 Å². The van der Waals surface area contributed by atoms with Crippen molar-refractivity contribution in [1.82, 2.24) is 0 Å². The first-order valence-corrected chi connectivity index (χ1v) is 5.77. The van der Waals surface area contributed by atoms with E-state index in [1.165, 1.54) is 18.9 Å². The minimum Gasteiger partial charge on any atom is -0.497 e. The lowest BCUT2D eigenvalue weighted by Gasteiger charge is -2.00. The first kappa shape index (κ1) is 11.7. The Morgan fingerprint density at radius 3 is 3.00 bits per heavy atom. The number of hydrogen-bond donors (Lipinski definition) is 0. The topological polar surface area (TPSA) is 35.5 Å². The molecule has 90 valence electrons. The van der Waals surface area contributed by atoms with Gasteiger partial charge in [-0.05, 0) is 42.5 Å². The summed E-state index contributed by atoms with van der Waals surface area (Å²) in [6, 6.07) is 7.52. The Balaban J connectivity index is 1.86. The van der Waals surface area contributed by atoms with E-state index in [0.29, 0.717) is 12.5 Å². The van der Waals surface area contributed by atoms with E-state index in [1.807, 2.05) is 24.3 Å². The third-order valence-electron chi connectivity index (χ3n) is 2.66. The Morgan fingerprint density at radius 2 is 2.29 bits per heavy atom. The summed E-state index contributed by atoms with van der Waals surface area (Å²) in [5, 5.41) is 0. The van der Waals surface area contributed by atoms with Gasteiger partial charge in [0.15, 0.2) is 0 Å². The zero-order valence-corrected chi connectivity index (χ0v) is 9.89. The van der Waals surface area contributed by atoms with Gasteiger partial charge in [-0.3, -0.25) is 0 Å². The van der Waals surface area contributed by atoms with Crippen molar-refractivity contribution in [2.45, 2.75) is 12.8 Å². The Kier molecular flexibility index (Phi) is 3.81. The number of esters is 1. The van der Waals surface area contributed by atoms with Crippen LogP contribution < -0.4 is 4.74 Å². The summed E-state index contributed by atoms with van der Waals surface area (Å²) in [5.74, 6) is 1.10. The highest BCUT2D eigenvalue weighted by molar-refractivity contribution is 5.87. The van der Waals surface area contributed by atoms with Crippen molar-refractivity contribution in [1.29, 1.82) is 0 Å². The van der Waals surface area contributed by atoms with Crippen molar-refractivity contribution in [2.75, 3.05) is 13.7 Å². The lowest BCUT2D eigenvalue weighted by atomic mass is 10.2. The summed E-state index contributed by atoms with van der Waals surface area (Å²) in [6.07, 6.45) is 5.56. The monoisotopic (exact) mass is 232 g/mol. The predicted molar refractivity (Wildman–Crippen MR) is 65.7 cm³/mol. The van der Waals surface area contributed by atoms with Crippen LogP contribution in [0.4, 0.5) is 0 Å². The summed E-state index contributed by atoms with van der Waals surface area (Å²) in [4.78, 5) is 11.4. The van der Waals surface area contributed by atoms with E-state index >= 15 is 0 Å². The van der Waals surface area contributed by atoms with Crippen LogP contribution in [-0.4, -0.2) is 19.7 Å². The molecule has 3 heteroatoms. The van der Waals surface area contributed by atoms with Crippen LogP contribution in [0.1, 0.15) is 18.4 Å². The number of hydrogen-bond acceptors (Lipinski definition) is 3. The van der Waals surface area contributed by atoms with Crippen molar-refractivity contribution in [3.8, 4) is 5.75 Å². The second-order valence-corrected chi connectivity index (χ2v) is 4.18. The summed E-state index contributed by atoms with van der Waals surface area (Å²) >= 11 is 0. The molecular weight excluding hydrogens is 216 g/mol. The number of methoxy groups -OCH3 is 1. The molecule has 17 heavy (non-hydrogen) atoms. The van der Waals surface area contributed by atoms with Crippen LogP contribution in [0.3, 0.4) is 0 Å². The highest BCUT2D eigenvalue weighted by Crippen LogP contribution is 2.28. The Hall–Kier alpha value is -1.77. The summed E-state index contributed by atoms with van der Waals surface area (Å²) < 4.78 is 10.2. The molecular formula is C14H16O3. The Bertz CT molecular complexity index is 419. The van der Waals surface area contributed by atoms with Gasteiger partial charge in [-0.1, -0.05) is 12.1 Å². The maximum absolute atomic E-state index is 11.4. The molecule has 1 aromatic carbocycles. The van der Waals surface area contributed by atoms with Gasteiger partial charge in [-0.15, -0.1) is 0 Å². The molecule has 0 aliphatic heterocycles. The van der Waals surface area contributed by atoms with Crippen molar-refractivity contribution in [2.24, 2.45) is 5.92 Å². The molecule has 1 saturated carbocycles. The molecule has 3 nitrogen and oxygen atoms in total. The van der Waals surface area contributed by atoms with Crippen molar-refractivity contribution < 1.29 is 14.3 Å². The molecule has 1 aromatic rings. The maximum atomic E-state index is 11.4. The number of ether oxygens (including phenoxy) is 2. The standard InChI is InChI=1S/C14H16O3/c1-16-13-4-2-3-11(9-13)7-8-14(15)17-10-12-5-6-12/h2-4,7-9,12H,5-6,10H2,1H3. The van der Waals surface area contributed by atoms with Gasteiger partial charge in [0.25, 0.3) is 0 Å². The lowest BCUT2D eigenvalue weighted by Crippen LogP contribution is -2.03. The zero-order chi connectivity index (χ0) is 12.1. The van der Waals surface area contributed by atoms with E-state index in [4.69, 9.17) is 9.47 Å². The van der Waals surface area contributed by atoms with Crippen LogP contribution in [0.25, 0.3) is 6.08 Å². The van der Waals surface area contributed by atoms with Gasteiger partial charge in [0.1, 0.15) is 5.75 Å². The number of benzene rings is 1. The minimum atomic E-state index is -0.278. The average Bonchev–Trinajstić information content (AvgIpc) is 3.18. The SMILES string of the molecule is COc1cccc(C=CC(=O)OCC2CC2)c1. The number of carbonyl (C=O) groups is 1. The predicted octanol–water partition coefficient (Wildman–Crippen LogP) is 2.66. The van der Waals surface area contributed by atoms with Crippen LogP contribution in [0, 0.1) is 5.92 Å². The summed E-state index contributed by atoms with van der Waals surface area (Å²) in [5.41, 5.74) is 0.924. The summed E-state index contributed by atoms with van der Waals surface area (Å²) in [7, 11) is 1.62. The molecule has 1 aliphatic rings. The fourth-order valence-electron chi connectivity index (χ4n) is 1.44. The molecule has 0 spiro atoms. The van der Waals surface area contributed by atoms with Gasteiger partial charge >= 0.3 is 5.97 Å². The molecule has 0 amide bonds. The average molecular weight is 232 g/mol. The van der Waals surface area contributed by atoms with E-state index in [-0.39, 0.29) is 5.97 Å². The van der Waals surface area contributed by atoms with E-state index in [9.17, 15) is 4.79 Å². The number of rotatable bonds is 5. The fraction of sp³-hybridized carbons (Fsp3) is 0.357. The first-order valence-electron chi connectivity index (χ1n) is 5.77. The van der Waals surface area contributed by atoms with Gasteiger partial charge in [-0.25, -0.2) is 4.79 Å². The molecule has 0 aromatic heterocycles. The molecule has 0 bridgehead atoms. The van der Waals surface area contributed by atoms with Crippen LogP contribution in [0.5, 0.6) is 5.75 Å². The second kappa shape index (κ2) is 5.53.